The summed E-state index contributed by atoms with van der Waals surface area (Å²) in [7, 11) is 0. The quantitative estimate of drug-likeness (QED) is 0.787. The van der Waals surface area contributed by atoms with Crippen LogP contribution in [0.2, 0.25) is 0 Å². The lowest BCUT2D eigenvalue weighted by molar-refractivity contribution is -0.113. The monoisotopic (exact) mass is 300 g/mol. The number of hydrogen-bond donors (Lipinski definition) is 2. The first-order valence-electron chi connectivity index (χ1n) is 6.70. The molecule has 1 aliphatic carbocycles. The van der Waals surface area contributed by atoms with Crippen molar-refractivity contribution in [3.63, 3.8) is 0 Å². The lowest BCUT2D eigenvalue weighted by Gasteiger charge is -2.18. The van der Waals surface area contributed by atoms with Gasteiger partial charge >= 0.3 is 0 Å². The molecular formula is C12H20N4OS2. The van der Waals surface area contributed by atoms with E-state index in [1.54, 1.807) is 0 Å². The number of carbonyl (C=O) groups excluding carboxylic acids is 1. The fraction of sp³-hybridized carbons (Fsp3) is 0.750. The second-order valence-corrected chi connectivity index (χ2v) is 6.78. The van der Waals surface area contributed by atoms with Crippen molar-refractivity contribution >= 4 is 34.1 Å². The molecule has 0 radical (unpaired) electrons. The third-order valence-corrected chi connectivity index (χ3v) is 5.13. The highest BCUT2D eigenvalue weighted by atomic mass is 32.2. The largest absolute Gasteiger partial charge is 0.330 e. The van der Waals surface area contributed by atoms with Gasteiger partial charge in [-0.2, -0.15) is 11.8 Å². The first-order valence-corrected chi connectivity index (χ1v) is 8.68. The molecular weight excluding hydrogens is 280 g/mol. The molecule has 1 aromatic rings. The molecule has 2 rings (SSSR count). The van der Waals surface area contributed by atoms with E-state index in [0.29, 0.717) is 23.3 Å². The minimum Gasteiger partial charge on any atom is -0.330 e. The van der Waals surface area contributed by atoms with Crippen molar-refractivity contribution in [2.75, 3.05) is 23.4 Å². The molecule has 1 saturated carbocycles. The van der Waals surface area contributed by atoms with Crippen LogP contribution in [0.25, 0.3) is 0 Å². The van der Waals surface area contributed by atoms with Crippen LogP contribution >= 0.6 is 23.1 Å². The number of nitrogens with one attached hydrogen (secondary N) is 1. The zero-order chi connectivity index (χ0) is 13.5. The van der Waals surface area contributed by atoms with Crippen LogP contribution in [-0.4, -0.2) is 34.2 Å². The Morgan fingerprint density at radius 3 is 2.89 bits per heavy atom. The number of aromatic nitrogens is 2. The van der Waals surface area contributed by atoms with Gasteiger partial charge < -0.3 is 5.73 Å². The number of hydrogen-bond acceptors (Lipinski definition) is 6. The predicted molar refractivity (Wildman–Crippen MR) is 80.7 cm³/mol. The fourth-order valence-electron chi connectivity index (χ4n) is 2.20. The van der Waals surface area contributed by atoms with E-state index in [-0.39, 0.29) is 5.91 Å². The number of rotatable bonds is 6. The molecule has 0 aromatic carbocycles. The molecule has 3 N–H and O–H groups in total. The summed E-state index contributed by atoms with van der Waals surface area (Å²) in [5.74, 6) is 1.75. The van der Waals surface area contributed by atoms with Crippen LogP contribution in [0.3, 0.4) is 0 Å². The normalized spacial score (nSPS) is 16.5. The Hall–Kier alpha value is -0.660. The van der Waals surface area contributed by atoms with E-state index >= 15 is 0 Å². The van der Waals surface area contributed by atoms with Gasteiger partial charge in [0.25, 0.3) is 0 Å². The van der Waals surface area contributed by atoms with Crippen molar-refractivity contribution in [1.82, 2.24) is 10.2 Å². The molecule has 0 unspecified atom stereocenters. The van der Waals surface area contributed by atoms with Crippen LogP contribution in [0.4, 0.5) is 5.13 Å². The van der Waals surface area contributed by atoms with E-state index in [1.165, 1.54) is 55.2 Å². The van der Waals surface area contributed by atoms with Crippen LogP contribution in [0, 0.1) is 0 Å². The van der Waals surface area contributed by atoms with Gasteiger partial charge in [0, 0.05) is 18.2 Å². The summed E-state index contributed by atoms with van der Waals surface area (Å²) in [4.78, 5) is 11.6. The Labute approximate surface area is 121 Å². The van der Waals surface area contributed by atoms with Crippen molar-refractivity contribution < 1.29 is 4.79 Å². The Morgan fingerprint density at radius 1 is 1.37 bits per heavy atom. The molecule has 0 atom stereocenters. The highest BCUT2D eigenvalue weighted by molar-refractivity contribution is 7.99. The number of nitrogens with zero attached hydrogens (tertiary/aromatic N) is 2. The molecule has 1 aromatic heterocycles. The summed E-state index contributed by atoms with van der Waals surface area (Å²) in [5, 5.41) is 12.8. The lowest BCUT2D eigenvalue weighted by Crippen LogP contribution is -2.15. The molecule has 1 amide bonds. The van der Waals surface area contributed by atoms with E-state index in [1.807, 2.05) is 0 Å². The van der Waals surface area contributed by atoms with Gasteiger partial charge in [0.15, 0.2) is 0 Å². The second kappa shape index (κ2) is 7.81. The number of amides is 1. The minimum atomic E-state index is -0.0233. The molecule has 0 aliphatic heterocycles. The average molecular weight is 300 g/mol. The van der Waals surface area contributed by atoms with Gasteiger partial charge in [-0.05, 0) is 12.8 Å². The van der Waals surface area contributed by atoms with Crippen molar-refractivity contribution in [3.8, 4) is 0 Å². The van der Waals surface area contributed by atoms with E-state index in [4.69, 9.17) is 5.73 Å². The summed E-state index contributed by atoms with van der Waals surface area (Å²) in [6, 6.07) is 0. The molecule has 0 saturated heterocycles. The van der Waals surface area contributed by atoms with Crippen molar-refractivity contribution in [1.29, 1.82) is 0 Å². The van der Waals surface area contributed by atoms with Crippen LogP contribution in [0.1, 0.15) is 43.0 Å². The zero-order valence-electron chi connectivity index (χ0n) is 10.9. The topological polar surface area (TPSA) is 80.9 Å². The highest BCUT2D eigenvalue weighted by Crippen LogP contribution is 2.35. The van der Waals surface area contributed by atoms with Crippen LogP contribution in [0.5, 0.6) is 0 Å². The van der Waals surface area contributed by atoms with E-state index in [2.05, 4.69) is 15.5 Å². The van der Waals surface area contributed by atoms with Gasteiger partial charge in [-0.3, -0.25) is 10.1 Å². The molecule has 5 nitrogen and oxygen atoms in total. The molecule has 0 bridgehead atoms. The van der Waals surface area contributed by atoms with E-state index in [0.717, 1.165) is 10.8 Å². The third kappa shape index (κ3) is 4.74. The summed E-state index contributed by atoms with van der Waals surface area (Å²) in [5.41, 5.74) is 5.38. The highest BCUT2D eigenvalue weighted by Gasteiger charge is 2.20. The third-order valence-electron chi connectivity index (χ3n) is 3.14. The van der Waals surface area contributed by atoms with E-state index in [9.17, 15) is 4.79 Å². The van der Waals surface area contributed by atoms with Gasteiger partial charge in [-0.25, -0.2) is 0 Å². The Morgan fingerprint density at radius 2 is 2.16 bits per heavy atom. The van der Waals surface area contributed by atoms with E-state index < -0.39 is 0 Å². The molecule has 7 heteroatoms. The lowest BCUT2D eigenvalue weighted by atomic mass is 9.90. The van der Waals surface area contributed by atoms with Crippen LogP contribution in [-0.2, 0) is 4.79 Å². The molecule has 1 aliphatic rings. The Bertz CT molecular complexity index is 404. The Kier molecular flexibility index (Phi) is 6.06. The smallest absolute Gasteiger partial charge is 0.236 e. The molecule has 1 fully saturated rings. The van der Waals surface area contributed by atoms with Gasteiger partial charge in [0.05, 0.1) is 5.75 Å². The summed E-state index contributed by atoms with van der Waals surface area (Å²) >= 11 is 3.05. The van der Waals surface area contributed by atoms with Crippen molar-refractivity contribution in [2.45, 2.75) is 38.0 Å². The van der Waals surface area contributed by atoms with Gasteiger partial charge in [0.2, 0.25) is 11.0 Å². The first-order chi connectivity index (χ1) is 9.29. The number of thioether (sulfide) groups is 1. The second-order valence-electron chi connectivity index (χ2n) is 4.67. The van der Waals surface area contributed by atoms with Gasteiger partial charge in [-0.15, -0.1) is 10.2 Å². The maximum absolute atomic E-state index is 11.6. The predicted octanol–water partition coefficient (Wildman–Crippen LogP) is 2.22. The van der Waals surface area contributed by atoms with Gasteiger partial charge in [0.1, 0.15) is 5.01 Å². The molecule has 1 heterocycles. The summed E-state index contributed by atoms with van der Waals surface area (Å²) in [6.07, 6.45) is 6.30. The summed E-state index contributed by atoms with van der Waals surface area (Å²) in [6.45, 7) is 0.600. The average Bonchev–Trinajstić information content (AvgIpc) is 2.88. The number of carbonyl (C=O) groups is 1. The van der Waals surface area contributed by atoms with Crippen molar-refractivity contribution in [3.05, 3.63) is 5.01 Å². The number of anilines is 1. The Balaban J connectivity index is 1.81. The SMILES string of the molecule is NCCSCC(=O)Nc1nnc(C2CCCCC2)s1. The molecule has 106 valence electrons. The minimum absolute atomic E-state index is 0.0233. The fourth-order valence-corrected chi connectivity index (χ4v) is 3.70. The molecule has 19 heavy (non-hydrogen) atoms. The maximum Gasteiger partial charge on any atom is 0.236 e. The van der Waals surface area contributed by atoms with Crippen molar-refractivity contribution in [2.24, 2.45) is 5.73 Å². The van der Waals surface area contributed by atoms with Crippen LogP contribution in [0.15, 0.2) is 0 Å². The maximum atomic E-state index is 11.6. The summed E-state index contributed by atoms with van der Waals surface area (Å²) < 4.78 is 0. The number of nitrogens with two attached hydrogens (primary N) is 1. The molecule has 0 spiro atoms. The first kappa shape index (κ1) is 14.7. The van der Waals surface area contributed by atoms with Crippen LogP contribution < -0.4 is 11.1 Å². The zero-order valence-corrected chi connectivity index (χ0v) is 12.6. The van der Waals surface area contributed by atoms with Gasteiger partial charge in [-0.1, -0.05) is 30.6 Å². The standard InChI is InChI=1S/C12H20N4OS2/c13-6-7-18-8-10(17)14-12-16-15-11(19-12)9-4-2-1-3-5-9/h9H,1-8,13H2,(H,14,16,17).